The minimum atomic E-state index is -0.459. The molecule has 2 aromatic rings. The second kappa shape index (κ2) is 6.36. The van der Waals surface area contributed by atoms with E-state index < -0.39 is 4.92 Å². The van der Waals surface area contributed by atoms with Gasteiger partial charge in [-0.1, -0.05) is 11.6 Å². The van der Waals surface area contributed by atoms with E-state index in [1.54, 1.807) is 17.4 Å². The Labute approximate surface area is 127 Å². The third kappa shape index (κ3) is 3.92. The molecule has 4 nitrogen and oxygen atoms in total. The van der Waals surface area contributed by atoms with Crippen LogP contribution in [0.25, 0.3) is 0 Å². The summed E-state index contributed by atoms with van der Waals surface area (Å²) in [5.41, 5.74) is 0.709. The number of hydrogen-bond acceptors (Lipinski definition) is 4. The quantitative estimate of drug-likeness (QED) is 0.619. The van der Waals surface area contributed by atoms with Crippen molar-refractivity contribution in [1.82, 2.24) is 0 Å². The Balaban J connectivity index is 1.94. The number of non-ortho nitro benzene ring substituents is 1. The molecule has 7 heteroatoms. The molecule has 0 amide bonds. The van der Waals surface area contributed by atoms with Gasteiger partial charge in [0.05, 0.1) is 19.4 Å². The molecular formula is C12H10BrClN2O2S. The van der Waals surface area contributed by atoms with Crippen LogP contribution < -0.4 is 5.32 Å². The van der Waals surface area contributed by atoms with Crippen LogP contribution in [-0.2, 0) is 6.42 Å². The number of nitro benzene ring substituents is 1. The maximum Gasteiger partial charge on any atom is 0.271 e. The molecule has 0 fully saturated rings. The van der Waals surface area contributed by atoms with E-state index in [0.717, 1.165) is 16.8 Å². The predicted octanol–water partition coefficient (Wildman–Crippen LogP) is 4.73. The summed E-state index contributed by atoms with van der Waals surface area (Å²) in [5.74, 6) is 0. The second-order valence-electron chi connectivity index (χ2n) is 3.80. The summed E-state index contributed by atoms with van der Waals surface area (Å²) in [5, 5.41) is 14.1. The van der Waals surface area contributed by atoms with Crippen LogP contribution in [0, 0.1) is 10.1 Å². The van der Waals surface area contributed by atoms with E-state index in [4.69, 9.17) is 11.6 Å². The second-order valence-corrected chi connectivity index (χ2v) is 6.76. The standard InChI is InChI=1S/C12H10BrClN2O2S/c13-12-4-2-9(19-12)5-6-15-11-3-1-8(16(17)18)7-10(11)14/h1-4,7,15H,5-6H2. The molecular weight excluding hydrogens is 352 g/mol. The largest absolute Gasteiger partial charge is 0.383 e. The van der Waals surface area contributed by atoms with E-state index in [-0.39, 0.29) is 5.69 Å². The third-order valence-corrected chi connectivity index (χ3v) is 4.48. The smallest absolute Gasteiger partial charge is 0.271 e. The van der Waals surface area contributed by atoms with Crippen LogP contribution in [0.2, 0.25) is 5.02 Å². The van der Waals surface area contributed by atoms with E-state index >= 15 is 0 Å². The van der Waals surface area contributed by atoms with Crippen LogP contribution in [-0.4, -0.2) is 11.5 Å². The number of benzene rings is 1. The molecule has 2 rings (SSSR count). The molecule has 1 N–H and O–H groups in total. The van der Waals surface area contributed by atoms with Crippen molar-refractivity contribution in [3.8, 4) is 0 Å². The van der Waals surface area contributed by atoms with Gasteiger partial charge in [-0.05, 0) is 40.5 Å². The van der Waals surface area contributed by atoms with Crippen molar-refractivity contribution in [1.29, 1.82) is 0 Å². The minimum Gasteiger partial charge on any atom is -0.383 e. The highest BCUT2D eigenvalue weighted by Gasteiger charge is 2.09. The zero-order valence-electron chi connectivity index (χ0n) is 9.73. The summed E-state index contributed by atoms with van der Waals surface area (Å²) in [6.07, 6.45) is 0.879. The maximum atomic E-state index is 10.6. The fourth-order valence-electron chi connectivity index (χ4n) is 1.57. The summed E-state index contributed by atoms with van der Waals surface area (Å²) in [4.78, 5) is 11.4. The van der Waals surface area contributed by atoms with Crippen molar-refractivity contribution < 1.29 is 4.92 Å². The molecule has 100 valence electrons. The van der Waals surface area contributed by atoms with Gasteiger partial charge >= 0.3 is 0 Å². The maximum absolute atomic E-state index is 10.6. The van der Waals surface area contributed by atoms with Crippen LogP contribution in [0.5, 0.6) is 0 Å². The number of nitrogens with one attached hydrogen (secondary N) is 1. The molecule has 0 aliphatic rings. The highest BCUT2D eigenvalue weighted by Crippen LogP contribution is 2.27. The van der Waals surface area contributed by atoms with E-state index in [1.165, 1.54) is 17.0 Å². The Bertz CT molecular complexity index is 603. The van der Waals surface area contributed by atoms with Gasteiger partial charge in [-0.25, -0.2) is 0 Å². The first kappa shape index (κ1) is 14.3. The minimum absolute atomic E-state index is 0.00210. The average Bonchev–Trinajstić information content (AvgIpc) is 2.77. The van der Waals surface area contributed by atoms with Gasteiger partial charge in [-0.2, -0.15) is 0 Å². The van der Waals surface area contributed by atoms with Crippen LogP contribution in [0.1, 0.15) is 4.88 Å². The van der Waals surface area contributed by atoms with Gasteiger partial charge in [0, 0.05) is 23.6 Å². The normalized spacial score (nSPS) is 10.4. The number of halogens is 2. The van der Waals surface area contributed by atoms with Gasteiger partial charge in [-0.15, -0.1) is 11.3 Å². The van der Waals surface area contributed by atoms with Crippen molar-refractivity contribution in [2.45, 2.75) is 6.42 Å². The van der Waals surface area contributed by atoms with Crippen LogP contribution in [0.15, 0.2) is 34.1 Å². The molecule has 0 aliphatic carbocycles. The van der Waals surface area contributed by atoms with Gasteiger partial charge < -0.3 is 5.32 Å². The van der Waals surface area contributed by atoms with E-state index in [1.807, 2.05) is 6.07 Å². The molecule has 1 aromatic heterocycles. The molecule has 1 aromatic carbocycles. The van der Waals surface area contributed by atoms with Crippen molar-refractivity contribution in [3.05, 3.63) is 54.1 Å². The molecule has 0 saturated heterocycles. The average molecular weight is 362 g/mol. The number of nitro groups is 1. The first-order valence-electron chi connectivity index (χ1n) is 5.48. The number of thiophene rings is 1. The number of nitrogens with zero attached hydrogens (tertiary/aromatic N) is 1. The summed E-state index contributed by atoms with van der Waals surface area (Å²) < 4.78 is 1.11. The van der Waals surface area contributed by atoms with Crippen molar-refractivity contribution in [2.24, 2.45) is 0 Å². The molecule has 0 unspecified atom stereocenters. The van der Waals surface area contributed by atoms with E-state index in [9.17, 15) is 10.1 Å². The fourth-order valence-corrected chi connectivity index (χ4v) is 3.29. The van der Waals surface area contributed by atoms with Crippen molar-refractivity contribution in [3.63, 3.8) is 0 Å². The molecule has 0 saturated carbocycles. The van der Waals surface area contributed by atoms with Crippen molar-refractivity contribution >= 4 is 50.2 Å². The molecule has 1 heterocycles. The SMILES string of the molecule is O=[N+]([O-])c1ccc(NCCc2ccc(Br)s2)c(Cl)c1. The summed E-state index contributed by atoms with van der Waals surface area (Å²) >= 11 is 11.1. The summed E-state index contributed by atoms with van der Waals surface area (Å²) in [6.45, 7) is 0.727. The topological polar surface area (TPSA) is 55.2 Å². The Kier molecular flexibility index (Phi) is 4.79. The highest BCUT2D eigenvalue weighted by molar-refractivity contribution is 9.11. The van der Waals surface area contributed by atoms with E-state index in [2.05, 4.69) is 27.3 Å². The monoisotopic (exact) mass is 360 g/mol. The number of hydrogen-bond donors (Lipinski definition) is 1. The molecule has 0 aliphatic heterocycles. The first-order valence-corrected chi connectivity index (χ1v) is 7.47. The lowest BCUT2D eigenvalue weighted by Gasteiger charge is -2.07. The Morgan fingerprint density at radius 1 is 1.37 bits per heavy atom. The van der Waals surface area contributed by atoms with E-state index in [0.29, 0.717) is 10.7 Å². The van der Waals surface area contributed by atoms with Gasteiger partial charge in [0.2, 0.25) is 0 Å². The molecule has 0 bridgehead atoms. The molecule has 0 radical (unpaired) electrons. The van der Waals surface area contributed by atoms with Gasteiger partial charge in [0.25, 0.3) is 5.69 Å². The molecule has 0 atom stereocenters. The Hall–Kier alpha value is -1.11. The Morgan fingerprint density at radius 2 is 2.16 bits per heavy atom. The lowest BCUT2D eigenvalue weighted by molar-refractivity contribution is -0.384. The molecule has 19 heavy (non-hydrogen) atoms. The van der Waals surface area contributed by atoms with Crippen LogP contribution >= 0.6 is 38.9 Å². The third-order valence-electron chi connectivity index (χ3n) is 2.48. The highest BCUT2D eigenvalue weighted by atomic mass is 79.9. The fraction of sp³-hybridized carbons (Fsp3) is 0.167. The van der Waals surface area contributed by atoms with Crippen LogP contribution in [0.3, 0.4) is 0 Å². The van der Waals surface area contributed by atoms with Gasteiger partial charge in [-0.3, -0.25) is 10.1 Å². The number of rotatable bonds is 5. The first-order chi connectivity index (χ1) is 9.06. The zero-order chi connectivity index (χ0) is 13.8. The van der Waals surface area contributed by atoms with Gasteiger partial charge in [0.15, 0.2) is 0 Å². The Morgan fingerprint density at radius 3 is 2.74 bits per heavy atom. The molecule has 0 spiro atoms. The van der Waals surface area contributed by atoms with Crippen molar-refractivity contribution in [2.75, 3.05) is 11.9 Å². The number of anilines is 1. The zero-order valence-corrected chi connectivity index (χ0v) is 12.9. The van der Waals surface area contributed by atoms with Gasteiger partial charge in [0.1, 0.15) is 0 Å². The van der Waals surface area contributed by atoms with Crippen LogP contribution in [0.4, 0.5) is 11.4 Å². The summed E-state index contributed by atoms with van der Waals surface area (Å²) in [7, 11) is 0. The summed E-state index contributed by atoms with van der Waals surface area (Å²) in [6, 6.07) is 8.50. The predicted molar refractivity (Wildman–Crippen MR) is 82.3 cm³/mol. The lowest BCUT2D eigenvalue weighted by Crippen LogP contribution is -2.04. The lowest BCUT2D eigenvalue weighted by atomic mass is 10.2.